The highest BCUT2D eigenvalue weighted by Crippen LogP contribution is 2.42. The highest BCUT2D eigenvalue weighted by Gasteiger charge is 2.24. The highest BCUT2D eigenvalue weighted by molar-refractivity contribution is 6.19. The van der Waals surface area contributed by atoms with Gasteiger partial charge in [0.15, 0.2) is 5.84 Å². The van der Waals surface area contributed by atoms with Crippen LogP contribution in [0.25, 0.3) is 77.6 Å². The molecule has 10 aromatic rings. The molecule has 1 aliphatic rings. The van der Waals surface area contributed by atoms with E-state index in [9.17, 15) is 0 Å². The smallest absolute Gasteiger partial charge is 0.160 e. The predicted molar refractivity (Wildman–Crippen MR) is 253 cm³/mol. The van der Waals surface area contributed by atoms with Crippen LogP contribution in [0.3, 0.4) is 0 Å². The van der Waals surface area contributed by atoms with Gasteiger partial charge in [-0.2, -0.15) is 0 Å². The first-order valence-corrected chi connectivity index (χ1v) is 20.7. The zero-order valence-electron chi connectivity index (χ0n) is 33.2. The monoisotopic (exact) mass is 781 g/mol. The van der Waals surface area contributed by atoms with E-state index in [0.717, 1.165) is 77.8 Å². The normalized spacial score (nSPS) is 13.7. The Kier molecular flexibility index (Phi) is 9.21. The van der Waals surface area contributed by atoms with Crippen molar-refractivity contribution < 1.29 is 4.42 Å². The molecule has 1 aromatic heterocycles. The van der Waals surface area contributed by atoms with Crippen LogP contribution in [0.15, 0.2) is 239 Å². The molecule has 1 N–H and O–H groups in total. The second kappa shape index (κ2) is 15.6. The van der Waals surface area contributed by atoms with Gasteiger partial charge in [-0.25, -0.2) is 9.98 Å². The van der Waals surface area contributed by atoms with Crippen molar-refractivity contribution in [1.82, 2.24) is 5.32 Å². The van der Waals surface area contributed by atoms with Gasteiger partial charge in [0.25, 0.3) is 0 Å². The van der Waals surface area contributed by atoms with Crippen LogP contribution in [0, 0.1) is 0 Å². The first kappa shape index (κ1) is 36.0. The standard InChI is InChI=1S/C57H39N3O/c1-4-14-38(15-5-1)40-26-28-42(29-27-40)43-32-36-46(37-33-43)56-58-55(45-18-8-3-9-19-45)59-57(60-56)50-21-11-10-20-48(50)49-23-13-25-52-53(49)51-24-12-22-47(54(51)61-52)44-34-30-41(31-35-44)39-16-6-2-7-17-39/h1-37,55H,(H,58,59,60). The molecule has 1 aliphatic heterocycles. The van der Waals surface area contributed by atoms with Crippen LogP contribution in [-0.2, 0) is 0 Å². The number of benzene rings is 9. The van der Waals surface area contributed by atoms with E-state index in [4.69, 9.17) is 14.4 Å². The molecule has 0 radical (unpaired) electrons. The largest absolute Gasteiger partial charge is 0.455 e. The Balaban J connectivity index is 0.973. The number of hydrogen-bond acceptors (Lipinski definition) is 4. The van der Waals surface area contributed by atoms with Crippen LogP contribution in [0.2, 0.25) is 0 Å². The fourth-order valence-electron chi connectivity index (χ4n) is 8.51. The van der Waals surface area contributed by atoms with Crippen LogP contribution in [0.5, 0.6) is 0 Å². The molecule has 1 atom stereocenters. The lowest BCUT2D eigenvalue weighted by molar-refractivity contribution is 0.670. The number of rotatable bonds is 8. The second-order valence-electron chi connectivity index (χ2n) is 15.3. The number of para-hydroxylation sites is 1. The Labute approximate surface area is 354 Å². The molecule has 0 spiro atoms. The Bertz CT molecular complexity index is 3220. The molecule has 11 rings (SSSR count). The van der Waals surface area contributed by atoms with E-state index in [1.807, 2.05) is 18.2 Å². The summed E-state index contributed by atoms with van der Waals surface area (Å²) in [6.07, 6.45) is -0.330. The SMILES string of the molecule is c1ccc(-c2ccc(-c3ccc(C4=NC(c5ccccc5-c5cccc6oc7c(-c8ccc(-c9ccccc9)cc8)cccc7c56)=NC(c5ccccc5)N4)cc3)cc2)cc1. The molecular weight excluding hydrogens is 743 g/mol. The van der Waals surface area contributed by atoms with Gasteiger partial charge in [0.05, 0.1) is 0 Å². The molecule has 0 bridgehead atoms. The minimum absolute atomic E-state index is 0.330. The van der Waals surface area contributed by atoms with Crippen molar-refractivity contribution in [3.05, 3.63) is 241 Å². The van der Waals surface area contributed by atoms with Gasteiger partial charge in [-0.3, -0.25) is 0 Å². The number of nitrogens with one attached hydrogen (secondary N) is 1. The zero-order chi connectivity index (χ0) is 40.5. The quantitative estimate of drug-likeness (QED) is 0.167. The van der Waals surface area contributed by atoms with Crippen molar-refractivity contribution in [3.63, 3.8) is 0 Å². The molecule has 61 heavy (non-hydrogen) atoms. The summed E-state index contributed by atoms with van der Waals surface area (Å²) in [6.45, 7) is 0. The van der Waals surface area contributed by atoms with Gasteiger partial charge in [-0.1, -0.05) is 218 Å². The summed E-state index contributed by atoms with van der Waals surface area (Å²) in [5.74, 6) is 1.44. The maximum atomic E-state index is 6.75. The average molecular weight is 782 g/mol. The van der Waals surface area contributed by atoms with E-state index < -0.39 is 0 Å². The third-order valence-corrected chi connectivity index (χ3v) is 11.6. The van der Waals surface area contributed by atoms with Crippen LogP contribution in [-0.4, -0.2) is 11.7 Å². The van der Waals surface area contributed by atoms with Gasteiger partial charge >= 0.3 is 0 Å². The number of amidine groups is 2. The van der Waals surface area contributed by atoms with Gasteiger partial charge in [-0.05, 0) is 61.7 Å². The third kappa shape index (κ3) is 6.90. The summed E-state index contributed by atoms with van der Waals surface area (Å²) in [4.78, 5) is 10.6. The zero-order valence-corrected chi connectivity index (χ0v) is 33.2. The maximum absolute atomic E-state index is 6.75. The fourth-order valence-corrected chi connectivity index (χ4v) is 8.51. The fraction of sp³-hybridized carbons (Fsp3) is 0.0175. The Hall–Kier alpha value is -8.08. The van der Waals surface area contributed by atoms with Gasteiger partial charge < -0.3 is 9.73 Å². The topological polar surface area (TPSA) is 49.9 Å². The highest BCUT2D eigenvalue weighted by atomic mass is 16.3. The molecule has 0 saturated heterocycles. The van der Waals surface area contributed by atoms with E-state index in [2.05, 4.69) is 212 Å². The van der Waals surface area contributed by atoms with Gasteiger partial charge in [0.1, 0.15) is 23.2 Å². The van der Waals surface area contributed by atoms with Crippen molar-refractivity contribution in [3.8, 4) is 55.6 Å². The third-order valence-electron chi connectivity index (χ3n) is 11.6. The van der Waals surface area contributed by atoms with Crippen LogP contribution < -0.4 is 5.32 Å². The number of hydrogen-bond donors (Lipinski definition) is 1. The number of aliphatic imine (C=N–C) groups is 2. The molecule has 2 heterocycles. The second-order valence-corrected chi connectivity index (χ2v) is 15.3. The van der Waals surface area contributed by atoms with Crippen LogP contribution in [0.4, 0.5) is 0 Å². The molecule has 4 nitrogen and oxygen atoms in total. The molecule has 9 aromatic carbocycles. The summed E-state index contributed by atoms with van der Waals surface area (Å²) in [5.41, 5.74) is 16.1. The van der Waals surface area contributed by atoms with Crippen molar-refractivity contribution >= 4 is 33.6 Å². The average Bonchev–Trinajstić information content (AvgIpc) is 3.74. The molecule has 0 amide bonds. The molecule has 0 fully saturated rings. The van der Waals surface area contributed by atoms with E-state index in [-0.39, 0.29) is 6.17 Å². The lowest BCUT2D eigenvalue weighted by atomic mass is 9.93. The molecule has 288 valence electrons. The molecule has 0 saturated carbocycles. The lowest BCUT2D eigenvalue weighted by Gasteiger charge is -2.24. The summed E-state index contributed by atoms with van der Waals surface area (Å²) in [6, 6.07) is 78.7. The summed E-state index contributed by atoms with van der Waals surface area (Å²) in [7, 11) is 0. The van der Waals surface area contributed by atoms with E-state index in [0.29, 0.717) is 5.84 Å². The van der Waals surface area contributed by atoms with Crippen LogP contribution in [0.1, 0.15) is 22.9 Å². The molecular formula is C57H39N3O. The van der Waals surface area contributed by atoms with Gasteiger partial charge in [-0.15, -0.1) is 0 Å². The number of furan rings is 1. The number of fused-ring (bicyclic) bond motifs is 3. The predicted octanol–water partition coefficient (Wildman–Crippen LogP) is 14.4. The minimum Gasteiger partial charge on any atom is -0.455 e. The lowest BCUT2D eigenvalue weighted by Crippen LogP contribution is -2.33. The first-order valence-electron chi connectivity index (χ1n) is 20.7. The molecule has 0 aliphatic carbocycles. The Morgan fingerprint density at radius 2 is 0.820 bits per heavy atom. The minimum atomic E-state index is -0.330. The van der Waals surface area contributed by atoms with Crippen molar-refractivity contribution in [2.75, 3.05) is 0 Å². The van der Waals surface area contributed by atoms with Gasteiger partial charge in [0, 0.05) is 27.5 Å². The first-order chi connectivity index (χ1) is 30.2. The van der Waals surface area contributed by atoms with E-state index in [1.165, 1.54) is 22.3 Å². The Morgan fingerprint density at radius 3 is 1.43 bits per heavy atom. The summed E-state index contributed by atoms with van der Waals surface area (Å²) < 4.78 is 6.75. The van der Waals surface area contributed by atoms with Crippen molar-refractivity contribution in [2.45, 2.75) is 6.17 Å². The molecule has 1 unspecified atom stereocenters. The molecule has 4 heteroatoms. The Morgan fingerprint density at radius 1 is 0.361 bits per heavy atom. The maximum Gasteiger partial charge on any atom is 0.160 e. The van der Waals surface area contributed by atoms with Crippen molar-refractivity contribution in [2.24, 2.45) is 9.98 Å². The number of nitrogens with zero attached hydrogens (tertiary/aromatic N) is 2. The van der Waals surface area contributed by atoms with E-state index >= 15 is 0 Å². The van der Waals surface area contributed by atoms with Crippen LogP contribution >= 0.6 is 0 Å². The summed E-state index contributed by atoms with van der Waals surface area (Å²) >= 11 is 0. The van der Waals surface area contributed by atoms with Crippen molar-refractivity contribution in [1.29, 1.82) is 0 Å². The van der Waals surface area contributed by atoms with Gasteiger partial charge in [0.2, 0.25) is 0 Å². The van der Waals surface area contributed by atoms with E-state index in [1.54, 1.807) is 0 Å². The summed E-state index contributed by atoms with van der Waals surface area (Å²) in [5, 5.41) is 5.80.